The van der Waals surface area contributed by atoms with Gasteiger partial charge in [0.1, 0.15) is 0 Å². The van der Waals surface area contributed by atoms with Crippen LogP contribution < -0.4 is 15.5 Å². The fraction of sp³-hybridized carbons (Fsp3) is 0.611. The Bertz CT molecular complexity index is 535. The first kappa shape index (κ1) is 16.1. The van der Waals surface area contributed by atoms with Crippen LogP contribution in [-0.4, -0.2) is 36.4 Å². The number of anilines is 2. The van der Waals surface area contributed by atoms with Crippen molar-refractivity contribution in [3.63, 3.8) is 0 Å². The summed E-state index contributed by atoms with van der Waals surface area (Å²) in [6.45, 7) is 2.41. The topological polar surface area (TPSA) is 64.6 Å². The molecule has 3 rings (SSSR count). The predicted octanol–water partition coefficient (Wildman–Crippen LogP) is 3.10. The molecular formula is C18H27N3O2. The summed E-state index contributed by atoms with van der Waals surface area (Å²) in [4.78, 5) is 14.5. The fourth-order valence-electron chi connectivity index (χ4n) is 3.61. The number of carbonyl (C=O) groups excluding carboxylic acids is 1. The van der Waals surface area contributed by atoms with Crippen LogP contribution in [0.15, 0.2) is 24.3 Å². The van der Waals surface area contributed by atoms with Crippen molar-refractivity contribution in [1.29, 1.82) is 0 Å². The second-order valence-electron chi connectivity index (χ2n) is 6.80. The number of nitrogens with one attached hydrogen (secondary N) is 2. The summed E-state index contributed by atoms with van der Waals surface area (Å²) in [6.07, 6.45) is 7.32. The molecule has 3 N–H and O–H groups in total. The molecule has 2 aliphatic rings. The number of aliphatic hydroxyl groups is 1. The molecule has 1 saturated carbocycles. The molecule has 23 heavy (non-hydrogen) atoms. The minimum atomic E-state index is -0.719. The molecule has 0 spiro atoms. The van der Waals surface area contributed by atoms with Crippen LogP contribution in [0.25, 0.3) is 0 Å². The Morgan fingerprint density at radius 3 is 2.52 bits per heavy atom. The van der Waals surface area contributed by atoms with Crippen molar-refractivity contribution < 1.29 is 9.90 Å². The maximum absolute atomic E-state index is 12.2. The van der Waals surface area contributed by atoms with Gasteiger partial charge in [-0.25, -0.2) is 4.79 Å². The average Bonchev–Trinajstić information content (AvgIpc) is 3.02. The number of nitrogens with zero attached hydrogens (tertiary/aromatic N) is 1. The van der Waals surface area contributed by atoms with Gasteiger partial charge in [0.2, 0.25) is 0 Å². The number of piperidine rings is 1. The van der Waals surface area contributed by atoms with Gasteiger partial charge in [-0.15, -0.1) is 0 Å². The normalized spacial score (nSPS) is 20.3. The number of para-hydroxylation sites is 2. The zero-order valence-electron chi connectivity index (χ0n) is 13.7. The van der Waals surface area contributed by atoms with Gasteiger partial charge < -0.3 is 20.6 Å². The number of amides is 2. The van der Waals surface area contributed by atoms with Gasteiger partial charge in [-0.1, -0.05) is 25.0 Å². The lowest BCUT2D eigenvalue weighted by atomic mass is 10.0. The van der Waals surface area contributed by atoms with Crippen LogP contribution in [0.5, 0.6) is 0 Å². The van der Waals surface area contributed by atoms with Gasteiger partial charge >= 0.3 is 6.03 Å². The predicted molar refractivity (Wildman–Crippen MR) is 92.9 cm³/mol. The molecule has 1 aliphatic heterocycles. The van der Waals surface area contributed by atoms with Crippen molar-refractivity contribution in [3.8, 4) is 0 Å². The maximum Gasteiger partial charge on any atom is 0.319 e. The maximum atomic E-state index is 12.2. The van der Waals surface area contributed by atoms with Crippen LogP contribution in [0.3, 0.4) is 0 Å². The first-order valence-electron chi connectivity index (χ1n) is 8.78. The molecule has 1 aromatic rings. The molecule has 5 heteroatoms. The number of carbonyl (C=O) groups is 1. The molecule has 1 heterocycles. The molecule has 5 nitrogen and oxygen atoms in total. The van der Waals surface area contributed by atoms with E-state index in [0.29, 0.717) is 6.54 Å². The highest BCUT2D eigenvalue weighted by Gasteiger charge is 2.31. The number of benzene rings is 1. The highest BCUT2D eigenvalue weighted by Crippen LogP contribution is 2.29. The van der Waals surface area contributed by atoms with Gasteiger partial charge in [-0.3, -0.25) is 0 Å². The minimum Gasteiger partial charge on any atom is -0.388 e. The fourth-order valence-corrected chi connectivity index (χ4v) is 3.61. The van der Waals surface area contributed by atoms with Crippen LogP contribution in [0.4, 0.5) is 16.2 Å². The first-order chi connectivity index (χ1) is 11.2. The Balaban J connectivity index is 1.59. The van der Waals surface area contributed by atoms with Gasteiger partial charge in [-0.05, 0) is 44.2 Å². The molecule has 1 saturated heterocycles. The second-order valence-corrected chi connectivity index (χ2v) is 6.80. The molecule has 0 atom stereocenters. The lowest BCUT2D eigenvalue weighted by Gasteiger charge is -2.30. The number of hydrogen-bond acceptors (Lipinski definition) is 3. The second kappa shape index (κ2) is 7.21. The standard InChI is InChI=1S/C18H27N3O2/c22-17(19-14-18(23)10-4-5-11-18)20-15-8-2-3-9-16(15)21-12-6-1-7-13-21/h2-3,8-9,23H,1,4-7,10-14H2,(H2,19,20,22). The number of urea groups is 1. The summed E-state index contributed by atoms with van der Waals surface area (Å²) >= 11 is 0. The molecule has 2 amide bonds. The van der Waals surface area contributed by atoms with E-state index in [4.69, 9.17) is 0 Å². The van der Waals surface area contributed by atoms with Gasteiger partial charge in [0.05, 0.1) is 17.0 Å². The van der Waals surface area contributed by atoms with E-state index in [1.165, 1.54) is 19.3 Å². The molecule has 0 bridgehead atoms. The Kier molecular flexibility index (Phi) is 5.06. The third-order valence-corrected chi connectivity index (χ3v) is 4.96. The van der Waals surface area contributed by atoms with Crippen LogP contribution in [-0.2, 0) is 0 Å². The van der Waals surface area contributed by atoms with Crippen molar-refractivity contribution in [3.05, 3.63) is 24.3 Å². The van der Waals surface area contributed by atoms with Crippen LogP contribution in [0.1, 0.15) is 44.9 Å². The van der Waals surface area contributed by atoms with Crippen molar-refractivity contribution in [1.82, 2.24) is 5.32 Å². The van der Waals surface area contributed by atoms with Gasteiger partial charge in [0.15, 0.2) is 0 Å². The van der Waals surface area contributed by atoms with Gasteiger partial charge in [-0.2, -0.15) is 0 Å². The Hall–Kier alpha value is -1.75. The minimum absolute atomic E-state index is 0.241. The van der Waals surface area contributed by atoms with Gasteiger partial charge in [0.25, 0.3) is 0 Å². The van der Waals surface area contributed by atoms with Crippen molar-refractivity contribution in [2.24, 2.45) is 0 Å². The lowest BCUT2D eigenvalue weighted by Crippen LogP contribution is -2.42. The monoisotopic (exact) mass is 317 g/mol. The lowest BCUT2D eigenvalue weighted by molar-refractivity contribution is 0.0506. The van der Waals surface area contributed by atoms with Gasteiger partial charge in [0, 0.05) is 19.6 Å². The smallest absolute Gasteiger partial charge is 0.319 e. The van der Waals surface area contributed by atoms with E-state index in [0.717, 1.165) is 50.1 Å². The molecular weight excluding hydrogens is 290 g/mol. The van der Waals surface area contributed by atoms with E-state index in [2.05, 4.69) is 21.6 Å². The van der Waals surface area contributed by atoms with Crippen molar-refractivity contribution >= 4 is 17.4 Å². The highest BCUT2D eigenvalue weighted by atomic mass is 16.3. The molecule has 0 unspecified atom stereocenters. The van der Waals surface area contributed by atoms with E-state index in [1.54, 1.807) is 0 Å². The molecule has 2 fully saturated rings. The molecule has 0 radical (unpaired) electrons. The Labute approximate surface area is 138 Å². The number of rotatable bonds is 4. The quantitative estimate of drug-likeness (QED) is 0.799. The molecule has 1 aliphatic carbocycles. The van der Waals surface area contributed by atoms with Crippen LogP contribution >= 0.6 is 0 Å². The molecule has 126 valence electrons. The molecule has 0 aromatic heterocycles. The summed E-state index contributed by atoms with van der Waals surface area (Å²) < 4.78 is 0. The van der Waals surface area contributed by atoms with E-state index in [9.17, 15) is 9.90 Å². The third-order valence-electron chi connectivity index (χ3n) is 4.96. The summed E-state index contributed by atoms with van der Waals surface area (Å²) in [6, 6.07) is 7.70. The van der Waals surface area contributed by atoms with Crippen LogP contribution in [0.2, 0.25) is 0 Å². The van der Waals surface area contributed by atoms with Crippen molar-refractivity contribution in [2.45, 2.75) is 50.5 Å². The summed E-state index contributed by atoms with van der Waals surface area (Å²) in [5.74, 6) is 0. The van der Waals surface area contributed by atoms with E-state index < -0.39 is 5.60 Å². The molecule has 1 aromatic carbocycles. The summed E-state index contributed by atoms with van der Waals surface area (Å²) in [5, 5.41) is 16.1. The average molecular weight is 317 g/mol. The zero-order valence-corrected chi connectivity index (χ0v) is 13.7. The van der Waals surface area contributed by atoms with E-state index in [-0.39, 0.29) is 6.03 Å². The zero-order chi connectivity index (χ0) is 16.1. The van der Waals surface area contributed by atoms with Crippen molar-refractivity contribution in [2.75, 3.05) is 29.9 Å². The SMILES string of the molecule is O=C(NCC1(O)CCCC1)Nc1ccccc1N1CCCCC1. The summed E-state index contributed by atoms with van der Waals surface area (Å²) in [7, 11) is 0. The first-order valence-corrected chi connectivity index (χ1v) is 8.78. The largest absolute Gasteiger partial charge is 0.388 e. The van der Waals surface area contributed by atoms with Crippen LogP contribution in [0, 0.1) is 0 Å². The summed E-state index contributed by atoms with van der Waals surface area (Å²) in [5.41, 5.74) is 1.20. The Morgan fingerprint density at radius 1 is 1.09 bits per heavy atom. The Morgan fingerprint density at radius 2 is 1.78 bits per heavy atom. The highest BCUT2D eigenvalue weighted by molar-refractivity contribution is 5.93. The van der Waals surface area contributed by atoms with E-state index >= 15 is 0 Å². The number of hydrogen-bond donors (Lipinski definition) is 3. The van der Waals surface area contributed by atoms with E-state index in [1.807, 2.05) is 18.2 Å². The third kappa shape index (κ3) is 4.16.